The van der Waals surface area contributed by atoms with E-state index < -0.39 is 13.3 Å². The Balaban J connectivity index is 1.88. The van der Waals surface area contributed by atoms with Crippen molar-refractivity contribution in [3.05, 3.63) is 103 Å². The van der Waals surface area contributed by atoms with Crippen LogP contribution in [0.5, 0.6) is 5.75 Å². The Kier molecular flexibility index (Phi) is 5.35. The first-order valence-corrected chi connectivity index (χ1v) is 9.59. The van der Waals surface area contributed by atoms with E-state index in [4.69, 9.17) is 9.26 Å². The van der Waals surface area contributed by atoms with Gasteiger partial charge in [-0.3, -0.25) is 4.57 Å². The molecule has 0 radical (unpaired) electrons. The molecule has 0 saturated carbocycles. The van der Waals surface area contributed by atoms with Crippen molar-refractivity contribution in [3.63, 3.8) is 0 Å². The van der Waals surface area contributed by atoms with Crippen LogP contribution in [0.25, 0.3) is 0 Å². The molecule has 0 aromatic heterocycles. The van der Waals surface area contributed by atoms with E-state index in [1.54, 1.807) is 72.8 Å². The predicted octanol–water partition coefficient (Wildman–Crippen LogP) is 4.05. The molecule has 0 spiro atoms. The summed E-state index contributed by atoms with van der Waals surface area (Å²) in [5.41, 5.74) is 0. The maximum Gasteiger partial charge on any atom is 0.378 e. The van der Waals surface area contributed by atoms with Gasteiger partial charge in [0.1, 0.15) is 5.75 Å². The number of hydrogen-bond donors (Lipinski definition) is 0. The summed E-state index contributed by atoms with van der Waals surface area (Å²) in [5, 5.41) is 0.944. The zero-order chi connectivity index (χ0) is 18.4. The molecule has 0 N–H and O–H groups in total. The molecule has 0 atom stereocenters. The fraction of sp³-hybridized carbons (Fsp3) is 0. The van der Waals surface area contributed by atoms with E-state index >= 15 is 0 Å². The minimum atomic E-state index is -3.54. The Hall–Kier alpha value is -3.10. The van der Waals surface area contributed by atoms with Gasteiger partial charge in [0.25, 0.3) is 0 Å². The lowest BCUT2D eigenvalue weighted by Gasteiger charge is -2.20. The first-order chi connectivity index (χ1) is 12.6. The van der Waals surface area contributed by atoms with Crippen molar-refractivity contribution in [2.45, 2.75) is 0 Å². The van der Waals surface area contributed by atoms with Crippen LogP contribution in [0.4, 0.5) is 0 Å². The van der Waals surface area contributed by atoms with Gasteiger partial charge in [-0.1, -0.05) is 54.6 Å². The van der Waals surface area contributed by atoms with Gasteiger partial charge in [0.15, 0.2) is 0 Å². The second-order valence-corrected chi connectivity index (χ2v) is 7.76. The SMILES string of the molecule is C=C(OP(=O)(c1ccccc1)c1ccccc1)C(=O)Oc1ccccc1. The minimum absolute atomic E-state index is 0.315. The molecule has 0 fully saturated rings. The lowest BCUT2D eigenvalue weighted by molar-refractivity contribution is -0.132. The Morgan fingerprint density at radius 3 is 1.62 bits per heavy atom. The third-order valence-electron chi connectivity index (χ3n) is 3.61. The second-order valence-electron chi connectivity index (χ2n) is 5.44. The molecule has 3 aromatic rings. The second kappa shape index (κ2) is 7.85. The molecule has 0 aliphatic rings. The van der Waals surface area contributed by atoms with Gasteiger partial charge < -0.3 is 9.26 Å². The molecule has 130 valence electrons. The first kappa shape index (κ1) is 17.7. The summed E-state index contributed by atoms with van der Waals surface area (Å²) < 4.78 is 24.5. The van der Waals surface area contributed by atoms with Crippen LogP contribution in [0.2, 0.25) is 0 Å². The molecule has 0 bridgehead atoms. The molecule has 0 aliphatic carbocycles. The van der Waals surface area contributed by atoms with Gasteiger partial charge in [0.2, 0.25) is 5.76 Å². The van der Waals surface area contributed by atoms with Crippen molar-refractivity contribution in [1.82, 2.24) is 0 Å². The van der Waals surface area contributed by atoms with Gasteiger partial charge >= 0.3 is 13.3 Å². The zero-order valence-electron chi connectivity index (χ0n) is 13.9. The molecule has 0 unspecified atom stereocenters. The molecule has 0 aliphatic heterocycles. The number of carbonyl (C=O) groups is 1. The summed E-state index contributed by atoms with van der Waals surface area (Å²) in [6.45, 7) is 3.62. The number of rotatable bonds is 6. The van der Waals surface area contributed by atoms with Gasteiger partial charge in [-0.05, 0) is 43.0 Å². The summed E-state index contributed by atoms with van der Waals surface area (Å²) >= 11 is 0. The van der Waals surface area contributed by atoms with E-state index in [2.05, 4.69) is 6.58 Å². The molecule has 4 nitrogen and oxygen atoms in total. The van der Waals surface area contributed by atoms with Crippen molar-refractivity contribution < 1.29 is 18.6 Å². The van der Waals surface area contributed by atoms with Crippen molar-refractivity contribution in [3.8, 4) is 5.75 Å². The smallest absolute Gasteiger partial charge is 0.378 e. The number of esters is 1. The highest BCUT2D eigenvalue weighted by Crippen LogP contribution is 2.46. The van der Waals surface area contributed by atoms with Crippen LogP contribution in [0.1, 0.15) is 0 Å². The van der Waals surface area contributed by atoms with E-state index in [9.17, 15) is 9.36 Å². The Bertz CT molecular complexity index is 894. The molecular formula is C21H17O4P. The first-order valence-electron chi connectivity index (χ1n) is 7.96. The van der Waals surface area contributed by atoms with E-state index in [-0.39, 0.29) is 5.76 Å². The van der Waals surface area contributed by atoms with Crippen LogP contribution < -0.4 is 15.3 Å². The van der Waals surface area contributed by atoms with Crippen LogP contribution in [0.15, 0.2) is 103 Å². The average molecular weight is 364 g/mol. The lowest BCUT2D eigenvalue weighted by Crippen LogP contribution is -2.21. The van der Waals surface area contributed by atoms with E-state index in [1.165, 1.54) is 0 Å². The quantitative estimate of drug-likeness (QED) is 0.218. The fourth-order valence-corrected chi connectivity index (χ4v) is 4.37. The monoisotopic (exact) mass is 364 g/mol. The summed E-state index contributed by atoms with van der Waals surface area (Å²) in [6, 6.07) is 26.0. The molecule has 26 heavy (non-hydrogen) atoms. The minimum Gasteiger partial charge on any atom is -0.430 e. The highest BCUT2D eigenvalue weighted by Gasteiger charge is 2.32. The maximum atomic E-state index is 13.7. The van der Waals surface area contributed by atoms with Gasteiger partial charge in [0, 0.05) is 0 Å². The number of para-hydroxylation sites is 1. The van der Waals surface area contributed by atoms with Crippen LogP contribution in [0.3, 0.4) is 0 Å². The molecular weight excluding hydrogens is 347 g/mol. The highest BCUT2D eigenvalue weighted by molar-refractivity contribution is 7.74. The van der Waals surface area contributed by atoms with E-state index in [1.807, 2.05) is 18.2 Å². The van der Waals surface area contributed by atoms with E-state index in [0.29, 0.717) is 16.4 Å². The Labute approximate surface area is 152 Å². The molecule has 5 heteroatoms. The van der Waals surface area contributed by atoms with Crippen LogP contribution >= 0.6 is 7.37 Å². The van der Waals surface area contributed by atoms with Crippen molar-refractivity contribution in [2.75, 3.05) is 0 Å². The Morgan fingerprint density at radius 1 is 0.731 bits per heavy atom. The van der Waals surface area contributed by atoms with Crippen LogP contribution in [-0.2, 0) is 13.9 Å². The molecule has 0 amide bonds. The fourth-order valence-electron chi connectivity index (χ4n) is 2.35. The third kappa shape index (κ3) is 3.93. The number of ether oxygens (including phenoxy) is 1. The normalized spacial score (nSPS) is 10.8. The van der Waals surface area contributed by atoms with Gasteiger partial charge in [-0.2, -0.15) is 0 Å². The maximum absolute atomic E-state index is 13.7. The summed E-state index contributed by atoms with van der Waals surface area (Å²) in [5.74, 6) is -0.746. The number of benzene rings is 3. The zero-order valence-corrected chi connectivity index (χ0v) is 14.8. The van der Waals surface area contributed by atoms with Gasteiger partial charge in [-0.25, -0.2) is 4.79 Å². The molecule has 0 saturated heterocycles. The average Bonchev–Trinajstić information content (AvgIpc) is 2.70. The number of carbonyl (C=O) groups excluding carboxylic acids is 1. The van der Waals surface area contributed by atoms with Crippen LogP contribution in [-0.4, -0.2) is 5.97 Å². The third-order valence-corrected chi connectivity index (χ3v) is 6.05. The van der Waals surface area contributed by atoms with Crippen molar-refractivity contribution >= 4 is 23.9 Å². The van der Waals surface area contributed by atoms with Crippen molar-refractivity contribution in [2.24, 2.45) is 0 Å². The summed E-state index contributed by atoms with van der Waals surface area (Å²) in [6.07, 6.45) is 0. The van der Waals surface area contributed by atoms with Gasteiger partial charge in [0.05, 0.1) is 10.6 Å². The topological polar surface area (TPSA) is 52.6 Å². The predicted molar refractivity (Wildman–Crippen MR) is 102 cm³/mol. The standard InChI is InChI=1S/C21H17O4P/c1-17(21(22)24-18-11-5-2-6-12-18)25-26(23,19-13-7-3-8-14-19)20-15-9-4-10-16-20/h2-16H,1H2. The number of hydrogen-bond acceptors (Lipinski definition) is 4. The van der Waals surface area contributed by atoms with Gasteiger partial charge in [-0.15, -0.1) is 0 Å². The Morgan fingerprint density at radius 2 is 1.15 bits per heavy atom. The summed E-state index contributed by atoms with van der Waals surface area (Å²) in [7, 11) is -3.54. The van der Waals surface area contributed by atoms with Crippen LogP contribution in [0, 0.1) is 0 Å². The van der Waals surface area contributed by atoms with Crippen molar-refractivity contribution in [1.29, 1.82) is 0 Å². The largest absolute Gasteiger partial charge is 0.430 e. The molecule has 0 heterocycles. The highest BCUT2D eigenvalue weighted by atomic mass is 31.2. The summed E-state index contributed by atoms with van der Waals surface area (Å²) in [4.78, 5) is 12.3. The molecule has 3 rings (SSSR count). The van der Waals surface area contributed by atoms with E-state index in [0.717, 1.165) is 0 Å². The molecule has 3 aromatic carbocycles. The lowest BCUT2D eigenvalue weighted by atomic mass is 10.3.